The van der Waals surface area contributed by atoms with E-state index >= 15 is 0 Å². The third kappa shape index (κ3) is 2.11. The highest BCUT2D eigenvalue weighted by molar-refractivity contribution is 9.09. The van der Waals surface area contributed by atoms with E-state index in [0.29, 0.717) is 16.6 Å². The molecule has 2 rings (SSSR count). The highest BCUT2D eigenvalue weighted by atomic mass is 79.9. The molecule has 2 amide bonds. The van der Waals surface area contributed by atoms with Crippen molar-refractivity contribution in [2.45, 2.75) is 13.3 Å². The van der Waals surface area contributed by atoms with Crippen LogP contribution in [0.1, 0.15) is 12.0 Å². The minimum Gasteiger partial charge on any atom is -0.274 e. The van der Waals surface area contributed by atoms with Crippen molar-refractivity contribution in [2.75, 3.05) is 10.2 Å². The zero-order chi connectivity index (χ0) is 12.6. The highest BCUT2D eigenvalue weighted by Crippen LogP contribution is 2.30. The van der Waals surface area contributed by atoms with Gasteiger partial charge in [0.25, 0.3) is 0 Å². The summed E-state index contributed by atoms with van der Waals surface area (Å²) in [6, 6.07) is 4.10. The number of nitrogens with zero attached hydrogens (tertiary/aromatic N) is 1. The van der Waals surface area contributed by atoms with E-state index in [1.165, 1.54) is 12.1 Å². The average molecular weight is 300 g/mol. The van der Waals surface area contributed by atoms with E-state index in [1.54, 1.807) is 13.0 Å². The van der Waals surface area contributed by atoms with E-state index < -0.39 is 5.82 Å². The van der Waals surface area contributed by atoms with Crippen LogP contribution in [0.5, 0.6) is 0 Å². The van der Waals surface area contributed by atoms with E-state index in [1.807, 2.05) is 0 Å². The number of benzene rings is 1. The molecule has 1 unspecified atom stereocenters. The molecule has 1 saturated heterocycles. The second-order valence-electron chi connectivity index (χ2n) is 4.05. The molecule has 0 spiro atoms. The summed E-state index contributed by atoms with van der Waals surface area (Å²) >= 11 is 3.20. The Morgan fingerprint density at radius 3 is 2.76 bits per heavy atom. The van der Waals surface area contributed by atoms with Crippen LogP contribution in [-0.2, 0) is 9.59 Å². The molecule has 1 aliphatic rings. The van der Waals surface area contributed by atoms with Crippen molar-refractivity contribution in [3.05, 3.63) is 29.6 Å². The summed E-state index contributed by atoms with van der Waals surface area (Å²) < 4.78 is 13.2. The van der Waals surface area contributed by atoms with Gasteiger partial charge >= 0.3 is 0 Å². The van der Waals surface area contributed by atoms with Crippen LogP contribution in [0, 0.1) is 18.7 Å². The molecular weight excluding hydrogens is 289 g/mol. The molecule has 1 aromatic rings. The van der Waals surface area contributed by atoms with E-state index in [9.17, 15) is 14.0 Å². The first-order valence-electron chi connectivity index (χ1n) is 5.23. The molecular formula is C12H11BrFNO2. The molecule has 5 heteroatoms. The number of alkyl halides is 1. The Morgan fingerprint density at radius 2 is 2.18 bits per heavy atom. The summed E-state index contributed by atoms with van der Waals surface area (Å²) in [5.41, 5.74) is 1.06. The van der Waals surface area contributed by atoms with Gasteiger partial charge in [0.05, 0.1) is 11.6 Å². The lowest BCUT2D eigenvalue weighted by Gasteiger charge is -2.17. The lowest BCUT2D eigenvalue weighted by molar-refractivity contribution is -0.122. The second kappa shape index (κ2) is 4.56. The van der Waals surface area contributed by atoms with Crippen LogP contribution in [0.25, 0.3) is 0 Å². The number of rotatable bonds is 2. The monoisotopic (exact) mass is 299 g/mol. The van der Waals surface area contributed by atoms with Crippen molar-refractivity contribution in [1.82, 2.24) is 0 Å². The quantitative estimate of drug-likeness (QED) is 0.621. The molecule has 0 saturated carbocycles. The first kappa shape index (κ1) is 12.2. The SMILES string of the molecule is Cc1ccc(F)cc1N1C(=O)CC(CBr)C1=O. The molecule has 1 atom stereocenters. The molecule has 1 heterocycles. The van der Waals surface area contributed by atoms with Gasteiger partial charge in [0.2, 0.25) is 11.8 Å². The number of anilines is 1. The number of hydrogen-bond donors (Lipinski definition) is 0. The van der Waals surface area contributed by atoms with Crippen LogP contribution in [-0.4, -0.2) is 17.1 Å². The Bertz CT molecular complexity index is 489. The molecule has 90 valence electrons. The first-order valence-corrected chi connectivity index (χ1v) is 6.35. The summed E-state index contributed by atoms with van der Waals surface area (Å²) in [5.74, 6) is -1.33. The second-order valence-corrected chi connectivity index (χ2v) is 4.70. The Labute approximate surface area is 107 Å². The zero-order valence-corrected chi connectivity index (χ0v) is 10.8. The van der Waals surface area contributed by atoms with Crippen LogP contribution < -0.4 is 4.90 Å². The first-order chi connectivity index (χ1) is 8.04. The Balaban J connectivity index is 2.43. The third-order valence-electron chi connectivity index (χ3n) is 2.84. The maximum absolute atomic E-state index is 13.2. The molecule has 3 nitrogen and oxygen atoms in total. The van der Waals surface area contributed by atoms with Gasteiger partial charge in [-0.3, -0.25) is 9.59 Å². The molecule has 0 N–H and O–H groups in total. The average Bonchev–Trinajstić information content (AvgIpc) is 2.58. The van der Waals surface area contributed by atoms with Crippen molar-refractivity contribution in [3.8, 4) is 0 Å². The highest BCUT2D eigenvalue weighted by Gasteiger charge is 2.39. The smallest absolute Gasteiger partial charge is 0.238 e. The fourth-order valence-electron chi connectivity index (χ4n) is 1.89. The standard InChI is InChI=1S/C12H11BrFNO2/c1-7-2-3-9(14)5-10(7)15-11(16)4-8(6-13)12(15)17/h2-3,5,8H,4,6H2,1H3. The van der Waals surface area contributed by atoms with Gasteiger partial charge in [-0.1, -0.05) is 22.0 Å². The number of hydrogen-bond acceptors (Lipinski definition) is 2. The molecule has 0 aliphatic carbocycles. The van der Waals surface area contributed by atoms with Crippen molar-refractivity contribution in [2.24, 2.45) is 5.92 Å². The lowest BCUT2D eigenvalue weighted by atomic mass is 10.1. The largest absolute Gasteiger partial charge is 0.274 e. The molecule has 0 radical (unpaired) electrons. The van der Waals surface area contributed by atoms with Gasteiger partial charge in [-0.15, -0.1) is 0 Å². The Kier molecular flexibility index (Phi) is 3.28. The Morgan fingerprint density at radius 1 is 1.47 bits per heavy atom. The number of amides is 2. The van der Waals surface area contributed by atoms with Gasteiger partial charge in [0.15, 0.2) is 0 Å². The van der Waals surface area contributed by atoms with Crippen molar-refractivity contribution in [1.29, 1.82) is 0 Å². The normalized spacial score (nSPS) is 20.2. The van der Waals surface area contributed by atoms with E-state index in [2.05, 4.69) is 15.9 Å². The molecule has 0 bridgehead atoms. The molecule has 17 heavy (non-hydrogen) atoms. The predicted molar refractivity (Wildman–Crippen MR) is 65.5 cm³/mol. The van der Waals surface area contributed by atoms with Gasteiger partial charge in [0.1, 0.15) is 5.82 Å². The molecule has 0 aromatic heterocycles. The summed E-state index contributed by atoms with van der Waals surface area (Å²) in [5, 5.41) is 0.447. The minimum absolute atomic E-state index is 0.181. The van der Waals surface area contributed by atoms with E-state index in [-0.39, 0.29) is 24.2 Å². The maximum Gasteiger partial charge on any atom is 0.238 e. The van der Waals surface area contributed by atoms with Crippen LogP contribution in [0.2, 0.25) is 0 Å². The number of aryl methyl sites for hydroxylation is 1. The minimum atomic E-state index is -0.450. The molecule has 1 aliphatic heterocycles. The van der Waals surface area contributed by atoms with Gasteiger partial charge in [-0.2, -0.15) is 0 Å². The van der Waals surface area contributed by atoms with Crippen LogP contribution in [0.15, 0.2) is 18.2 Å². The number of imide groups is 1. The number of carbonyl (C=O) groups excluding carboxylic acids is 2. The van der Waals surface area contributed by atoms with E-state index in [0.717, 1.165) is 4.90 Å². The maximum atomic E-state index is 13.2. The van der Waals surface area contributed by atoms with E-state index in [4.69, 9.17) is 0 Å². The number of carbonyl (C=O) groups is 2. The van der Waals surface area contributed by atoms with Crippen molar-refractivity contribution in [3.63, 3.8) is 0 Å². The topological polar surface area (TPSA) is 37.4 Å². The predicted octanol–water partition coefficient (Wildman–Crippen LogP) is 2.41. The van der Waals surface area contributed by atoms with Gasteiger partial charge in [-0.25, -0.2) is 9.29 Å². The fraction of sp³-hybridized carbons (Fsp3) is 0.333. The van der Waals surface area contributed by atoms with Crippen LogP contribution in [0.4, 0.5) is 10.1 Å². The summed E-state index contributed by atoms with van der Waals surface area (Å²) in [6.45, 7) is 1.75. The van der Waals surface area contributed by atoms with Crippen molar-refractivity contribution >= 4 is 33.4 Å². The van der Waals surface area contributed by atoms with Gasteiger partial charge in [-0.05, 0) is 24.6 Å². The zero-order valence-electron chi connectivity index (χ0n) is 9.24. The van der Waals surface area contributed by atoms with Gasteiger partial charge in [0, 0.05) is 11.8 Å². The number of halogens is 2. The van der Waals surface area contributed by atoms with Crippen LogP contribution >= 0.6 is 15.9 Å². The lowest BCUT2D eigenvalue weighted by Crippen LogP contribution is -2.31. The van der Waals surface area contributed by atoms with Gasteiger partial charge < -0.3 is 0 Å². The molecule has 1 aromatic carbocycles. The summed E-state index contributed by atoms with van der Waals surface area (Å²) in [7, 11) is 0. The fourth-order valence-corrected chi connectivity index (χ4v) is 2.40. The van der Waals surface area contributed by atoms with Crippen LogP contribution in [0.3, 0.4) is 0 Å². The molecule has 1 fully saturated rings. The van der Waals surface area contributed by atoms with Crippen molar-refractivity contribution < 1.29 is 14.0 Å². The third-order valence-corrected chi connectivity index (χ3v) is 3.62. The summed E-state index contributed by atoms with van der Waals surface area (Å²) in [4.78, 5) is 24.8. The Hall–Kier alpha value is -1.23. The summed E-state index contributed by atoms with van der Waals surface area (Å²) in [6.07, 6.45) is 0.181.